The molecule has 0 amide bonds. The highest BCUT2D eigenvalue weighted by Crippen LogP contribution is 2.37. The van der Waals surface area contributed by atoms with Crippen LogP contribution in [0, 0.1) is 0 Å². The summed E-state index contributed by atoms with van der Waals surface area (Å²) < 4.78 is 4.75. The van der Waals surface area contributed by atoms with E-state index in [1.807, 2.05) is 0 Å². The van der Waals surface area contributed by atoms with Gasteiger partial charge in [0.15, 0.2) is 0 Å². The van der Waals surface area contributed by atoms with Crippen molar-refractivity contribution in [2.45, 2.75) is 0 Å². The Hall–Kier alpha value is -6.90. The molecule has 10 rings (SSSR count). The van der Waals surface area contributed by atoms with Gasteiger partial charge in [-0.2, -0.15) is 0 Å². The molecule has 2 heteroatoms. The first-order chi connectivity index (χ1) is 25.8. The molecule has 2 heterocycles. The van der Waals surface area contributed by atoms with Gasteiger partial charge in [0.2, 0.25) is 0 Å². The zero-order chi connectivity index (χ0) is 34.4. The number of hydrogen-bond acceptors (Lipinski definition) is 0. The summed E-state index contributed by atoms with van der Waals surface area (Å²) >= 11 is 0. The molecule has 0 atom stereocenters. The van der Waals surface area contributed by atoms with E-state index in [0.717, 1.165) is 5.69 Å². The summed E-state index contributed by atoms with van der Waals surface area (Å²) in [5, 5.41) is 5.05. The SMILES string of the molecule is C(=C\c1ccccc1-c1ccc2c(c1)c1ccccc1n2-c1ccccc1)/c1ccccc1-c1cccc(-n2c3ccccc3c3ccccc32)c1. The van der Waals surface area contributed by atoms with E-state index in [2.05, 4.69) is 215 Å². The highest BCUT2D eigenvalue weighted by Gasteiger charge is 2.15. The standard InChI is InChI=1S/C50H34N2/c1-2-18-39(19-3-1)51-49-28-13-10-25-45(49)46-34-38(31-32-50(46)51)42-22-7-5-16-36(42)30-29-35-15-4-6-21-41(35)37-17-14-20-40(33-37)52-47-26-11-8-23-43(47)44-24-9-12-27-48(44)52/h1-34H/b30-29+. The van der Waals surface area contributed by atoms with Gasteiger partial charge in [-0.05, 0) is 88.0 Å². The highest BCUT2D eigenvalue weighted by atomic mass is 15.0. The number of aromatic nitrogens is 2. The molecule has 0 saturated heterocycles. The molecule has 0 radical (unpaired) electrons. The number of para-hydroxylation sites is 4. The Balaban J connectivity index is 1.05. The number of hydrogen-bond donors (Lipinski definition) is 0. The Labute approximate surface area is 302 Å². The van der Waals surface area contributed by atoms with Crippen LogP contribution in [0.1, 0.15) is 11.1 Å². The fraction of sp³-hybridized carbons (Fsp3) is 0. The van der Waals surface area contributed by atoms with Crippen LogP contribution in [-0.4, -0.2) is 9.13 Å². The largest absolute Gasteiger partial charge is 0.309 e. The van der Waals surface area contributed by atoms with Crippen molar-refractivity contribution >= 4 is 55.8 Å². The van der Waals surface area contributed by atoms with Gasteiger partial charge in [-0.1, -0.05) is 152 Å². The van der Waals surface area contributed by atoms with Crippen LogP contribution >= 0.6 is 0 Å². The lowest BCUT2D eigenvalue weighted by molar-refractivity contribution is 1.18. The normalized spacial score (nSPS) is 11.8. The van der Waals surface area contributed by atoms with Gasteiger partial charge in [0, 0.05) is 32.9 Å². The van der Waals surface area contributed by atoms with Gasteiger partial charge >= 0.3 is 0 Å². The van der Waals surface area contributed by atoms with E-state index in [0.29, 0.717) is 0 Å². The summed E-state index contributed by atoms with van der Waals surface area (Å²) in [7, 11) is 0. The van der Waals surface area contributed by atoms with Crippen LogP contribution in [0.5, 0.6) is 0 Å². The van der Waals surface area contributed by atoms with Crippen molar-refractivity contribution in [1.82, 2.24) is 9.13 Å². The van der Waals surface area contributed by atoms with Crippen molar-refractivity contribution in [3.05, 3.63) is 205 Å². The monoisotopic (exact) mass is 662 g/mol. The van der Waals surface area contributed by atoms with Gasteiger partial charge in [-0.3, -0.25) is 0 Å². The Kier molecular flexibility index (Phi) is 7.18. The maximum atomic E-state index is 2.39. The Morgan fingerprint density at radius 1 is 0.288 bits per heavy atom. The molecule has 0 fully saturated rings. The number of benzene rings is 8. The summed E-state index contributed by atoms with van der Waals surface area (Å²) in [6.07, 6.45) is 4.53. The van der Waals surface area contributed by atoms with E-state index in [4.69, 9.17) is 0 Å². The fourth-order valence-electron chi connectivity index (χ4n) is 8.00. The second kappa shape index (κ2) is 12.5. The number of fused-ring (bicyclic) bond motifs is 6. The number of rotatable bonds is 6. The molecule has 0 aliphatic heterocycles. The van der Waals surface area contributed by atoms with Crippen molar-refractivity contribution < 1.29 is 0 Å². The third-order valence-corrected chi connectivity index (χ3v) is 10.4. The topological polar surface area (TPSA) is 9.86 Å². The molecule has 0 unspecified atom stereocenters. The summed E-state index contributed by atoms with van der Waals surface area (Å²) in [6, 6.07) is 70.0. The van der Waals surface area contributed by atoms with Gasteiger partial charge in [-0.15, -0.1) is 0 Å². The van der Waals surface area contributed by atoms with Gasteiger partial charge < -0.3 is 9.13 Å². The van der Waals surface area contributed by atoms with Gasteiger partial charge in [0.05, 0.1) is 22.1 Å². The van der Waals surface area contributed by atoms with E-state index < -0.39 is 0 Å². The maximum Gasteiger partial charge on any atom is 0.0541 e. The van der Waals surface area contributed by atoms with Crippen molar-refractivity contribution in [3.8, 4) is 33.6 Å². The predicted molar refractivity (Wildman–Crippen MR) is 221 cm³/mol. The van der Waals surface area contributed by atoms with Crippen molar-refractivity contribution in [3.63, 3.8) is 0 Å². The minimum atomic E-state index is 1.16. The molecule has 0 aliphatic rings. The molecule has 2 nitrogen and oxygen atoms in total. The summed E-state index contributed by atoms with van der Waals surface area (Å²) in [6.45, 7) is 0. The van der Waals surface area contributed by atoms with E-state index in [9.17, 15) is 0 Å². The van der Waals surface area contributed by atoms with Gasteiger partial charge in [0.1, 0.15) is 0 Å². The second-order valence-electron chi connectivity index (χ2n) is 13.3. The lowest BCUT2D eigenvalue weighted by atomic mass is 9.95. The fourth-order valence-corrected chi connectivity index (χ4v) is 8.00. The second-order valence-corrected chi connectivity index (χ2v) is 13.3. The molecule has 0 spiro atoms. The van der Waals surface area contributed by atoms with E-state index in [1.54, 1.807) is 0 Å². The minimum absolute atomic E-state index is 1.16. The van der Waals surface area contributed by atoms with Crippen LogP contribution in [0.4, 0.5) is 0 Å². The molecular weight excluding hydrogens is 629 g/mol. The summed E-state index contributed by atoms with van der Waals surface area (Å²) in [5.41, 5.74) is 14.4. The third kappa shape index (κ3) is 4.96. The molecule has 0 N–H and O–H groups in total. The summed E-state index contributed by atoms with van der Waals surface area (Å²) in [4.78, 5) is 0. The van der Waals surface area contributed by atoms with Gasteiger partial charge in [0.25, 0.3) is 0 Å². The average molecular weight is 663 g/mol. The molecule has 0 aliphatic carbocycles. The van der Waals surface area contributed by atoms with Crippen LogP contribution < -0.4 is 0 Å². The molecule has 244 valence electrons. The van der Waals surface area contributed by atoms with E-state index in [-0.39, 0.29) is 0 Å². The maximum absolute atomic E-state index is 2.39. The Morgan fingerprint density at radius 3 is 1.35 bits per heavy atom. The molecule has 8 aromatic carbocycles. The Morgan fingerprint density at radius 2 is 0.731 bits per heavy atom. The van der Waals surface area contributed by atoms with Crippen LogP contribution in [0.25, 0.3) is 89.4 Å². The Bertz CT molecular complexity index is 2900. The quantitative estimate of drug-likeness (QED) is 0.157. The smallest absolute Gasteiger partial charge is 0.0541 e. The number of nitrogens with zero attached hydrogens (tertiary/aromatic N) is 2. The summed E-state index contributed by atoms with van der Waals surface area (Å²) in [5.74, 6) is 0. The first-order valence-electron chi connectivity index (χ1n) is 17.9. The highest BCUT2D eigenvalue weighted by molar-refractivity contribution is 6.11. The third-order valence-electron chi connectivity index (χ3n) is 10.4. The van der Waals surface area contributed by atoms with Crippen molar-refractivity contribution in [2.24, 2.45) is 0 Å². The molecule has 0 saturated carbocycles. The molecule has 10 aromatic rings. The minimum Gasteiger partial charge on any atom is -0.309 e. The average Bonchev–Trinajstić information content (AvgIpc) is 3.73. The first-order valence-corrected chi connectivity index (χ1v) is 17.9. The van der Waals surface area contributed by atoms with Gasteiger partial charge in [-0.25, -0.2) is 0 Å². The van der Waals surface area contributed by atoms with Crippen molar-refractivity contribution in [2.75, 3.05) is 0 Å². The predicted octanol–water partition coefficient (Wildman–Crippen LogP) is 13.4. The van der Waals surface area contributed by atoms with Crippen molar-refractivity contribution in [1.29, 1.82) is 0 Å². The van der Waals surface area contributed by atoms with E-state index in [1.165, 1.54) is 82.7 Å². The first kappa shape index (κ1) is 30.0. The van der Waals surface area contributed by atoms with Crippen LogP contribution in [0.3, 0.4) is 0 Å². The zero-order valence-electron chi connectivity index (χ0n) is 28.5. The van der Waals surface area contributed by atoms with Crippen LogP contribution in [-0.2, 0) is 0 Å². The molecule has 0 bridgehead atoms. The zero-order valence-corrected chi connectivity index (χ0v) is 28.5. The lowest BCUT2D eigenvalue weighted by Gasteiger charge is -2.12. The van der Waals surface area contributed by atoms with Crippen LogP contribution in [0.2, 0.25) is 0 Å². The van der Waals surface area contributed by atoms with E-state index >= 15 is 0 Å². The van der Waals surface area contributed by atoms with Crippen LogP contribution in [0.15, 0.2) is 194 Å². The molecule has 52 heavy (non-hydrogen) atoms. The molecular formula is C50H34N2. The lowest BCUT2D eigenvalue weighted by Crippen LogP contribution is -1.94. The molecule has 2 aromatic heterocycles.